The highest BCUT2D eigenvalue weighted by molar-refractivity contribution is 7.62. The lowest BCUT2D eigenvalue weighted by molar-refractivity contribution is -0.140. The lowest BCUT2D eigenvalue weighted by atomic mass is 10.1. The molecule has 0 aromatic heterocycles. The molecule has 0 fully saturated rings. The van der Waals surface area contributed by atoms with E-state index >= 15 is 0 Å². The zero-order valence-corrected chi connectivity index (χ0v) is 14.1. The number of methoxy groups -OCH3 is 1. The smallest absolute Gasteiger partial charge is 0.361 e. The summed E-state index contributed by atoms with van der Waals surface area (Å²) in [6, 6.07) is 5.12. The highest BCUT2D eigenvalue weighted by Crippen LogP contribution is 2.47. The normalized spacial score (nSPS) is 11.5. The van der Waals surface area contributed by atoms with E-state index in [-0.39, 0.29) is 32.2 Å². The number of aryl methyl sites for hydroxylation is 1. The molecule has 0 unspecified atom stereocenters. The van der Waals surface area contributed by atoms with E-state index < -0.39 is 7.60 Å². The fraction of sp³-hybridized carbons (Fsp3) is 0.533. The van der Waals surface area contributed by atoms with Crippen molar-refractivity contribution in [3.63, 3.8) is 0 Å². The van der Waals surface area contributed by atoms with Gasteiger partial charge in [-0.1, -0.05) is 12.1 Å². The first kappa shape index (κ1) is 18.8. The van der Waals surface area contributed by atoms with Gasteiger partial charge in [0.05, 0.1) is 32.2 Å². The Morgan fingerprint density at radius 1 is 1.23 bits per heavy atom. The lowest BCUT2D eigenvalue weighted by Gasteiger charge is -2.20. The van der Waals surface area contributed by atoms with E-state index in [4.69, 9.17) is 9.05 Å². The Labute approximate surface area is 130 Å². The molecule has 7 heteroatoms. The van der Waals surface area contributed by atoms with Gasteiger partial charge in [-0.2, -0.15) is 0 Å². The van der Waals surface area contributed by atoms with E-state index in [9.17, 15) is 14.5 Å². The quantitative estimate of drug-likeness (QED) is 0.552. The van der Waals surface area contributed by atoms with Crippen LogP contribution in [0.4, 0.5) is 0 Å². The molecule has 22 heavy (non-hydrogen) atoms. The second-order valence-electron chi connectivity index (χ2n) is 4.53. The van der Waals surface area contributed by atoms with Gasteiger partial charge in [-0.25, -0.2) is 0 Å². The Bertz CT molecular complexity index is 533. The van der Waals surface area contributed by atoms with Crippen molar-refractivity contribution >= 4 is 18.9 Å². The Hall–Kier alpha value is -1.20. The van der Waals surface area contributed by atoms with Crippen molar-refractivity contribution in [2.45, 2.75) is 33.3 Å². The number of benzene rings is 1. The molecule has 1 N–H and O–H groups in total. The van der Waals surface area contributed by atoms with Crippen LogP contribution in [0, 0.1) is 0 Å². The first-order valence-electron chi connectivity index (χ1n) is 7.19. The third-order valence-corrected chi connectivity index (χ3v) is 5.26. The van der Waals surface area contributed by atoms with Gasteiger partial charge >= 0.3 is 13.6 Å². The predicted octanol–water partition coefficient (Wildman–Crippen LogP) is 2.18. The number of hydrogen-bond donors (Lipinski definition) is 1. The predicted molar refractivity (Wildman–Crippen MR) is 83.2 cm³/mol. The standard InChI is InChI=1S/C15H23O6P/c1-4-20-22(18,21-5-2)14-10-12(6-8-13(14)11-16)7-9-15(17)19-3/h6,8,10,16H,4-5,7,9,11H2,1-3H3. The number of aliphatic hydroxyl groups excluding tert-OH is 1. The van der Waals surface area contributed by atoms with Gasteiger partial charge in [-0.3, -0.25) is 9.36 Å². The molecule has 1 rings (SSSR count). The van der Waals surface area contributed by atoms with E-state index in [1.807, 2.05) is 0 Å². The Balaban J connectivity index is 3.13. The van der Waals surface area contributed by atoms with Crippen LogP contribution < -0.4 is 5.30 Å². The van der Waals surface area contributed by atoms with Crippen molar-refractivity contribution in [3.05, 3.63) is 29.3 Å². The molecule has 6 nitrogen and oxygen atoms in total. The molecule has 0 aliphatic heterocycles. The number of esters is 1. The number of rotatable bonds is 9. The molecule has 0 saturated carbocycles. The van der Waals surface area contributed by atoms with Gasteiger partial charge in [0.2, 0.25) is 0 Å². The zero-order chi connectivity index (χ0) is 16.6. The van der Waals surface area contributed by atoms with E-state index in [1.54, 1.807) is 32.0 Å². The molecule has 0 aliphatic carbocycles. The van der Waals surface area contributed by atoms with Crippen LogP contribution in [-0.4, -0.2) is 31.4 Å². The minimum atomic E-state index is -3.48. The molecular weight excluding hydrogens is 307 g/mol. The molecule has 0 aliphatic rings. The van der Waals surface area contributed by atoms with Crippen molar-refractivity contribution in [1.82, 2.24) is 0 Å². The van der Waals surface area contributed by atoms with Crippen LogP contribution in [0.15, 0.2) is 18.2 Å². The van der Waals surface area contributed by atoms with Gasteiger partial charge in [0, 0.05) is 6.42 Å². The summed E-state index contributed by atoms with van der Waals surface area (Å²) in [5, 5.41) is 9.81. The summed E-state index contributed by atoms with van der Waals surface area (Å²) in [6.07, 6.45) is 0.672. The van der Waals surface area contributed by atoms with Crippen LogP contribution in [0.1, 0.15) is 31.4 Å². The largest absolute Gasteiger partial charge is 0.469 e. The average Bonchev–Trinajstić information content (AvgIpc) is 2.52. The summed E-state index contributed by atoms with van der Waals surface area (Å²) in [4.78, 5) is 11.2. The molecule has 0 spiro atoms. The van der Waals surface area contributed by atoms with Crippen LogP contribution in [0.3, 0.4) is 0 Å². The minimum Gasteiger partial charge on any atom is -0.469 e. The topological polar surface area (TPSA) is 82.1 Å². The summed E-state index contributed by atoms with van der Waals surface area (Å²) >= 11 is 0. The van der Waals surface area contributed by atoms with Gasteiger partial charge < -0.3 is 18.9 Å². The van der Waals surface area contributed by atoms with Gasteiger partial charge in [-0.05, 0) is 37.5 Å². The van der Waals surface area contributed by atoms with E-state index in [0.717, 1.165) is 5.56 Å². The fourth-order valence-corrected chi connectivity index (χ4v) is 3.87. The molecule has 124 valence electrons. The van der Waals surface area contributed by atoms with Gasteiger partial charge in [0.25, 0.3) is 0 Å². The third-order valence-electron chi connectivity index (χ3n) is 3.06. The Kier molecular flexibility index (Phi) is 7.76. The lowest BCUT2D eigenvalue weighted by Crippen LogP contribution is -2.17. The summed E-state index contributed by atoms with van der Waals surface area (Å²) in [5.41, 5.74) is 1.30. The van der Waals surface area contributed by atoms with Crippen molar-refractivity contribution < 1.29 is 28.3 Å². The number of carbonyl (C=O) groups excluding carboxylic acids is 1. The Morgan fingerprint density at radius 3 is 2.36 bits per heavy atom. The summed E-state index contributed by atoms with van der Waals surface area (Å²) in [7, 11) is -2.15. The molecular formula is C15H23O6P. The number of ether oxygens (including phenoxy) is 1. The molecule has 1 aromatic carbocycles. The molecule has 0 amide bonds. The van der Waals surface area contributed by atoms with Crippen LogP contribution in [-0.2, 0) is 36.2 Å². The van der Waals surface area contributed by atoms with E-state index in [2.05, 4.69) is 4.74 Å². The molecule has 0 bridgehead atoms. The van der Waals surface area contributed by atoms with Gasteiger partial charge in [0.1, 0.15) is 0 Å². The van der Waals surface area contributed by atoms with Crippen molar-refractivity contribution in [1.29, 1.82) is 0 Å². The van der Waals surface area contributed by atoms with Crippen LogP contribution in [0.2, 0.25) is 0 Å². The molecule has 1 aromatic rings. The highest BCUT2D eigenvalue weighted by atomic mass is 31.2. The fourth-order valence-electron chi connectivity index (χ4n) is 2.02. The van der Waals surface area contributed by atoms with E-state index in [0.29, 0.717) is 17.3 Å². The highest BCUT2D eigenvalue weighted by Gasteiger charge is 2.29. The second-order valence-corrected chi connectivity index (χ2v) is 6.52. The van der Waals surface area contributed by atoms with Crippen LogP contribution in [0.5, 0.6) is 0 Å². The monoisotopic (exact) mass is 330 g/mol. The second kappa shape index (κ2) is 9.06. The maximum atomic E-state index is 12.9. The minimum absolute atomic E-state index is 0.224. The average molecular weight is 330 g/mol. The number of carbonyl (C=O) groups is 1. The molecule has 0 saturated heterocycles. The Morgan fingerprint density at radius 2 is 1.86 bits per heavy atom. The van der Waals surface area contributed by atoms with Gasteiger partial charge in [-0.15, -0.1) is 0 Å². The van der Waals surface area contributed by atoms with Crippen molar-refractivity contribution in [3.8, 4) is 0 Å². The maximum absolute atomic E-state index is 12.9. The third kappa shape index (κ3) is 4.92. The van der Waals surface area contributed by atoms with Crippen molar-refractivity contribution in [2.75, 3.05) is 20.3 Å². The zero-order valence-electron chi connectivity index (χ0n) is 13.2. The summed E-state index contributed by atoms with van der Waals surface area (Å²) in [6.45, 7) is 3.65. The number of hydrogen-bond acceptors (Lipinski definition) is 6. The summed E-state index contributed by atoms with van der Waals surface area (Å²) < 4.78 is 28.2. The first-order valence-corrected chi connectivity index (χ1v) is 8.74. The molecule has 0 atom stereocenters. The van der Waals surface area contributed by atoms with E-state index in [1.165, 1.54) is 7.11 Å². The van der Waals surface area contributed by atoms with Crippen LogP contribution >= 0.6 is 7.60 Å². The maximum Gasteiger partial charge on any atom is 0.361 e. The first-order chi connectivity index (χ1) is 10.5. The SMILES string of the molecule is CCOP(=O)(OCC)c1cc(CCC(=O)OC)ccc1CO. The molecule has 0 heterocycles. The van der Waals surface area contributed by atoms with Crippen molar-refractivity contribution in [2.24, 2.45) is 0 Å². The van der Waals surface area contributed by atoms with Crippen LogP contribution in [0.25, 0.3) is 0 Å². The summed E-state index contributed by atoms with van der Waals surface area (Å²) in [5.74, 6) is -0.314. The molecule has 0 radical (unpaired) electrons. The number of aliphatic hydroxyl groups is 1. The van der Waals surface area contributed by atoms with Gasteiger partial charge in [0.15, 0.2) is 0 Å².